The van der Waals surface area contributed by atoms with Gasteiger partial charge in [0.25, 0.3) is 0 Å². The van der Waals surface area contributed by atoms with Crippen molar-refractivity contribution in [1.82, 2.24) is 15.3 Å². The van der Waals surface area contributed by atoms with Crippen molar-refractivity contribution < 1.29 is 4.74 Å². The number of hydrogen-bond acceptors (Lipinski definition) is 5. The zero-order valence-corrected chi connectivity index (χ0v) is 10.8. The van der Waals surface area contributed by atoms with Gasteiger partial charge in [-0.25, -0.2) is 0 Å². The van der Waals surface area contributed by atoms with Gasteiger partial charge in [0.05, 0.1) is 19.0 Å². The van der Waals surface area contributed by atoms with Gasteiger partial charge in [-0.05, 0) is 26.3 Å². The number of hydrogen-bond donors (Lipinski definition) is 2. The molecule has 2 rings (SSSR count). The molecule has 1 aliphatic rings. The molecule has 0 aromatic carbocycles. The first-order valence-corrected chi connectivity index (χ1v) is 6.46. The van der Waals surface area contributed by atoms with Crippen molar-refractivity contribution in [2.45, 2.75) is 19.8 Å². The zero-order valence-electron chi connectivity index (χ0n) is 10.8. The third-order valence-corrected chi connectivity index (χ3v) is 2.81. The molecule has 2 heterocycles. The monoisotopic (exact) mass is 248 g/mol. The van der Waals surface area contributed by atoms with E-state index in [1.54, 1.807) is 12.4 Å². The summed E-state index contributed by atoms with van der Waals surface area (Å²) in [6.07, 6.45) is 7.82. The molecule has 1 aromatic rings. The van der Waals surface area contributed by atoms with E-state index in [0.717, 1.165) is 38.3 Å². The van der Waals surface area contributed by atoms with Gasteiger partial charge in [0.1, 0.15) is 5.82 Å². The maximum absolute atomic E-state index is 5.31. The topological polar surface area (TPSA) is 59.1 Å². The maximum atomic E-state index is 5.31. The van der Waals surface area contributed by atoms with Crippen molar-refractivity contribution in [3.8, 4) is 5.88 Å². The van der Waals surface area contributed by atoms with Crippen LogP contribution in [0.2, 0.25) is 0 Å². The molecule has 98 valence electrons. The van der Waals surface area contributed by atoms with Crippen LogP contribution in [0.15, 0.2) is 24.0 Å². The van der Waals surface area contributed by atoms with Crippen molar-refractivity contribution in [1.29, 1.82) is 0 Å². The second-order valence-electron chi connectivity index (χ2n) is 4.17. The van der Waals surface area contributed by atoms with Crippen LogP contribution in [0.1, 0.15) is 19.8 Å². The Morgan fingerprint density at radius 3 is 3.17 bits per heavy atom. The minimum absolute atomic E-state index is 0.573. The fourth-order valence-corrected chi connectivity index (χ4v) is 1.90. The van der Waals surface area contributed by atoms with Crippen LogP contribution in [0, 0.1) is 0 Å². The molecule has 1 aliphatic heterocycles. The van der Waals surface area contributed by atoms with Gasteiger partial charge in [-0.3, -0.25) is 4.98 Å². The minimum atomic E-state index is 0.573. The predicted molar refractivity (Wildman–Crippen MR) is 71.9 cm³/mol. The summed E-state index contributed by atoms with van der Waals surface area (Å²) in [7, 11) is 0. The number of ether oxygens (including phenoxy) is 1. The molecule has 0 saturated heterocycles. The lowest BCUT2D eigenvalue weighted by atomic mass is 10.1. The van der Waals surface area contributed by atoms with Crippen molar-refractivity contribution >= 4 is 5.82 Å². The number of aromatic nitrogens is 2. The Morgan fingerprint density at radius 1 is 1.44 bits per heavy atom. The number of nitrogens with one attached hydrogen (secondary N) is 2. The highest BCUT2D eigenvalue weighted by Gasteiger charge is 2.03. The molecule has 0 radical (unpaired) electrons. The van der Waals surface area contributed by atoms with Gasteiger partial charge in [-0.2, -0.15) is 4.98 Å². The number of nitrogens with zero attached hydrogens (tertiary/aromatic N) is 2. The van der Waals surface area contributed by atoms with Crippen molar-refractivity contribution in [3.63, 3.8) is 0 Å². The summed E-state index contributed by atoms with van der Waals surface area (Å²) in [5, 5.41) is 6.58. The van der Waals surface area contributed by atoms with Crippen LogP contribution in [-0.2, 0) is 0 Å². The van der Waals surface area contributed by atoms with E-state index in [0.29, 0.717) is 12.5 Å². The first kappa shape index (κ1) is 12.8. The molecule has 0 amide bonds. The SMILES string of the molecule is CCOc1cncc(NCCC2=CCNCC2)n1. The number of anilines is 1. The van der Waals surface area contributed by atoms with E-state index in [-0.39, 0.29) is 0 Å². The largest absolute Gasteiger partial charge is 0.477 e. The van der Waals surface area contributed by atoms with Crippen molar-refractivity contribution in [2.24, 2.45) is 0 Å². The van der Waals surface area contributed by atoms with E-state index in [1.165, 1.54) is 5.57 Å². The lowest BCUT2D eigenvalue weighted by molar-refractivity contribution is 0.325. The Labute approximate surface area is 108 Å². The lowest BCUT2D eigenvalue weighted by Gasteiger charge is -2.14. The van der Waals surface area contributed by atoms with E-state index >= 15 is 0 Å². The van der Waals surface area contributed by atoms with Crippen LogP contribution in [-0.4, -0.2) is 36.2 Å². The fourth-order valence-electron chi connectivity index (χ4n) is 1.90. The molecule has 2 N–H and O–H groups in total. The molecule has 0 aliphatic carbocycles. The average Bonchev–Trinajstić information content (AvgIpc) is 2.41. The summed E-state index contributed by atoms with van der Waals surface area (Å²) in [5.74, 6) is 1.35. The Kier molecular flexibility index (Phi) is 4.96. The van der Waals surface area contributed by atoms with Gasteiger partial charge < -0.3 is 15.4 Å². The average molecular weight is 248 g/mol. The van der Waals surface area contributed by atoms with E-state index in [9.17, 15) is 0 Å². The maximum Gasteiger partial charge on any atom is 0.234 e. The summed E-state index contributed by atoms with van der Waals surface area (Å²) in [5.41, 5.74) is 1.51. The molecule has 0 fully saturated rings. The van der Waals surface area contributed by atoms with Crippen LogP contribution < -0.4 is 15.4 Å². The molecule has 18 heavy (non-hydrogen) atoms. The van der Waals surface area contributed by atoms with Gasteiger partial charge in [-0.1, -0.05) is 11.6 Å². The third kappa shape index (κ3) is 4.00. The zero-order chi connectivity index (χ0) is 12.6. The Bertz CT molecular complexity index is 406. The Balaban J connectivity index is 1.78. The summed E-state index contributed by atoms with van der Waals surface area (Å²) in [4.78, 5) is 8.41. The first-order valence-electron chi connectivity index (χ1n) is 6.46. The normalized spacial score (nSPS) is 15.1. The van der Waals surface area contributed by atoms with Crippen LogP contribution in [0.4, 0.5) is 5.82 Å². The molecular formula is C13H20N4O. The fraction of sp³-hybridized carbons (Fsp3) is 0.538. The smallest absolute Gasteiger partial charge is 0.234 e. The molecule has 5 heteroatoms. The molecular weight excluding hydrogens is 228 g/mol. The predicted octanol–water partition coefficient (Wildman–Crippen LogP) is 1.60. The van der Waals surface area contributed by atoms with E-state index in [1.807, 2.05) is 6.92 Å². The first-order chi connectivity index (χ1) is 8.88. The summed E-state index contributed by atoms with van der Waals surface area (Å²) in [6, 6.07) is 0. The van der Waals surface area contributed by atoms with E-state index in [2.05, 4.69) is 26.7 Å². The summed E-state index contributed by atoms with van der Waals surface area (Å²) < 4.78 is 5.31. The molecule has 1 aromatic heterocycles. The second-order valence-corrected chi connectivity index (χ2v) is 4.17. The standard InChI is InChI=1S/C13H20N4O/c1-2-18-13-10-15-9-12(17-13)16-8-5-11-3-6-14-7-4-11/h3,9-10,14H,2,4-8H2,1H3,(H,16,17). The lowest BCUT2D eigenvalue weighted by Crippen LogP contribution is -2.21. The highest BCUT2D eigenvalue weighted by Crippen LogP contribution is 2.11. The van der Waals surface area contributed by atoms with Crippen LogP contribution >= 0.6 is 0 Å². The second kappa shape index (κ2) is 6.96. The van der Waals surface area contributed by atoms with Gasteiger partial charge >= 0.3 is 0 Å². The van der Waals surface area contributed by atoms with Gasteiger partial charge in [-0.15, -0.1) is 0 Å². The van der Waals surface area contributed by atoms with Gasteiger partial charge in [0.15, 0.2) is 0 Å². The Hall–Kier alpha value is -1.62. The van der Waals surface area contributed by atoms with Crippen LogP contribution in [0.3, 0.4) is 0 Å². The van der Waals surface area contributed by atoms with Crippen molar-refractivity contribution in [3.05, 3.63) is 24.0 Å². The molecule has 0 unspecified atom stereocenters. The van der Waals surface area contributed by atoms with Crippen molar-refractivity contribution in [2.75, 3.05) is 31.6 Å². The van der Waals surface area contributed by atoms with E-state index in [4.69, 9.17) is 4.74 Å². The highest BCUT2D eigenvalue weighted by molar-refractivity contribution is 5.33. The van der Waals surface area contributed by atoms with Gasteiger partial charge in [0.2, 0.25) is 5.88 Å². The molecule has 0 atom stereocenters. The van der Waals surface area contributed by atoms with E-state index < -0.39 is 0 Å². The van der Waals surface area contributed by atoms with Crippen LogP contribution in [0.5, 0.6) is 5.88 Å². The molecule has 0 bridgehead atoms. The highest BCUT2D eigenvalue weighted by atomic mass is 16.5. The minimum Gasteiger partial charge on any atom is -0.477 e. The number of rotatable bonds is 6. The molecule has 5 nitrogen and oxygen atoms in total. The summed E-state index contributed by atoms with van der Waals surface area (Å²) >= 11 is 0. The third-order valence-electron chi connectivity index (χ3n) is 2.81. The van der Waals surface area contributed by atoms with Crippen LogP contribution in [0.25, 0.3) is 0 Å². The quantitative estimate of drug-likeness (QED) is 0.749. The molecule has 0 saturated carbocycles. The summed E-state index contributed by atoms with van der Waals surface area (Å²) in [6.45, 7) is 5.51. The van der Waals surface area contributed by atoms with Gasteiger partial charge in [0, 0.05) is 13.1 Å². The Morgan fingerprint density at radius 2 is 2.39 bits per heavy atom. The molecule has 0 spiro atoms.